The van der Waals surface area contributed by atoms with Gasteiger partial charge in [0.2, 0.25) is 0 Å². The lowest BCUT2D eigenvalue weighted by Gasteiger charge is -2.12. The van der Waals surface area contributed by atoms with E-state index in [4.69, 9.17) is 9.59 Å². The molecule has 0 atom stereocenters. The van der Waals surface area contributed by atoms with Crippen LogP contribution in [0.3, 0.4) is 0 Å². The van der Waals surface area contributed by atoms with Crippen molar-refractivity contribution in [3.05, 3.63) is 126 Å². The van der Waals surface area contributed by atoms with E-state index >= 15 is 0 Å². The molecule has 7 aromatic rings. The zero-order valence-electron chi connectivity index (χ0n) is 26.8. The molecule has 0 aliphatic rings. The summed E-state index contributed by atoms with van der Waals surface area (Å²) in [4.78, 5) is 37.4. The van der Waals surface area contributed by atoms with Gasteiger partial charge >= 0.3 is 18.5 Å². The predicted octanol–water partition coefficient (Wildman–Crippen LogP) is 6.91. The number of carbonyl (C=O) groups is 1. The number of nitrogens with zero attached hydrogens (tertiary/aromatic N) is 8. The second-order valence-corrected chi connectivity index (χ2v) is 10.7. The van der Waals surface area contributed by atoms with E-state index in [0.717, 1.165) is 17.8 Å². The molecular weight excluding hydrogens is 696 g/mol. The Kier molecular flexibility index (Phi) is 10.5. The number of fused-ring (bicyclic) bond motifs is 2. The highest BCUT2D eigenvalue weighted by Gasteiger charge is 2.35. The summed E-state index contributed by atoms with van der Waals surface area (Å²) in [5.74, 6) is -0.324. The van der Waals surface area contributed by atoms with E-state index < -0.39 is 29.4 Å². The average Bonchev–Trinajstić information content (AvgIpc) is 3.65. The summed E-state index contributed by atoms with van der Waals surface area (Å²) in [6, 6.07) is 19.9. The zero-order valence-corrected chi connectivity index (χ0v) is 26.8. The van der Waals surface area contributed by atoms with Crippen molar-refractivity contribution in [3.8, 4) is 22.5 Å². The number of anilines is 1. The maximum Gasteiger partial charge on any atom is 0.417 e. The van der Waals surface area contributed by atoms with Gasteiger partial charge in [0.05, 0.1) is 40.1 Å². The van der Waals surface area contributed by atoms with Crippen LogP contribution in [0.1, 0.15) is 33.0 Å². The molecule has 0 aliphatic carbocycles. The molecule has 0 bridgehead atoms. The first-order valence-corrected chi connectivity index (χ1v) is 14.8. The molecule has 0 aliphatic heterocycles. The van der Waals surface area contributed by atoms with E-state index in [1.165, 1.54) is 57.7 Å². The molecule has 2 aromatic carbocycles. The molecule has 0 fully saturated rings. The van der Waals surface area contributed by atoms with E-state index in [1.807, 2.05) is 0 Å². The van der Waals surface area contributed by atoms with Gasteiger partial charge in [0.25, 0.3) is 5.91 Å². The maximum absolute atomic E-state index is 13.4. The Balaban J connectivity index is 0.000000198. The van der Waals surface area contributed by atoms with Crippen molar-refractivity contribution >= 4 is 29.2 Å². The van der Waals surface area contributed by atoms with Crippen molar-refractivity contribution < 1.29 is 40.7 Å². The number of imidazole rings is 2. The molecule has 7 rings (SSSR count). The van der Waals surface area contributed by atoms with Crippen molar-refractivity contribution in [3.63, 3.8) is 0 Å². The van der Waals surface area contributed by atoms with Crippen LogP contribution in [0.15, 0.2) is 97.3 Å². The fourth-order valence-corrected chi connectivity index (χ4v) is 5.04. The van der Waals surface area contributed by atoms with Gasteiger partial charge in [-0.1, -0.05) is 36.4 Å². The normalized spacial score (nSPS) is 11.2. The minimum absolute atomic E-state index is 0.0632. The third-order valence-corrected chi connectivity index (χ3v) is 7.14. The minimum atomic E-state index is -4.54. The molecule has 5 aromatic heterocycles. The molecule has 0 spiro atoms. The van der Waals surface area contributed by atoms with E-state index in [9.17, 15) is 31.1 Å². The molecule has 1 amide bonds. The summed E-state index contributed by atoms with van der Waals surface area (Å²) in [5.41, 5.74) is 0.977. The molecule has 0 saturated carbocycles. The minimum Gasteiger partial charge on any atom is -0.304 e. The summed E-state index contributed by atoms with van der Waals surface area (Å²) >= 11 is 0. The highest BCUT2D eigenvalue weighted by molar-refractivity contribution is 6.03. The Bertz CT molecular complexity index is 2400. The fraction of sp³-hybridized carbons (Fsp3) is 0.118. The van der Waals surface area contributed by atoms with E-state index in [-0.39, 0.29) is 40.2 Å². The molecule has 52 heavy (non-hydrogen) atoms. The van der Waals surface area contributed by atoms with E-state index in [2.05, 4.69) is 35.7 Å². The number of nitrogens with one attached hydrogen (secondary N) is 1. The van der Waals surface area contributed by atoms with Crippen LogP contribution >= 0.6 is 0 Å². The quantitative estimate of drug-likeness (QED) is 0.192. The number of rotatable bonds is 4. The summed E-state index contributed by atoms with van der Waals surface area (Å²) in [5, 5.41) is 18.5. The van der Waals surface area contributed by atoms with Gasteiger partial charge in [0, 0.05) is 17.3 Å². The van der Waals surface area contributed by atoms with Crippen LogP contribution in [0.25, 0.3) is 33.8 Å². The van der Waals surface area contributed by atoms with Gasteiger partial charge in [-0.3, -0.25) is 4.79 Å². The Morgan fingerprint density at radius 2 is 1.27 bits per heavy atom. The third kappa shape index (κ3) is 8.14. The van der Waals surface area contributed by atoms with Crippen LogP contribution in [-0.4, -0.2) is 51.5 Å². The standard InChI is InChI=1S/C19H13F3N6O.C14H10F3N3.CO2/c1-11-17(18(29)25-15-7-4-10-23-26-15)28-16(24-11)9-8-14(27-28)12-5-2-3-6-13(12)19(20,21)22;1-9-8-20-13(18-9)7-6-12(19-20)10-4-2-3-5-11(10)14(15,16)17;2-1-3/h2-10H,1H3,(H,25,26,29);2-8H,1H3;. The monoisotopic (exact) mass is 719 g/mol. The lowest BCUT2D eigenvalue weighted by molar-refractivity contribution is -0.191. The van der Waals surface area contributed by atoms with Crippen molar-refractivity contribution in [2.24, 2.45) is 0 Å². The Labute approximate surface area is 288 Å². The number of hydrogen-bond donors (Lipinski definition) is 1. The number of benzene rings is 2. The van der Waals surface area contributed by atoms with Gasteiger partial charge in [-0.2, -0.15) is 51.2 Å². The number of carbonyl (C=O) groups excluding carboxylic acids is 3. The summed E-state index contributed by atoms with van der Waals surface area (Å²) in [7, 11) is 0. The number of aryl methyl sites for hydroxylation is 2. The topological polar surface area (TPSA) is 149 Å². The Hall–Kier alpha value is -6.81. The third-order valence-electron chi connectivity index (χ3n) is 7.14. The molecule has 0 unspecified atom stereocenters. The summed E-state index contributed by atoms with van der Waals surface area (Å²) < 4.78 is 81.9. The number of amides is 1. The van der Waals surface area contributed by atoms with Gasteiger partial charge in [0.15, 0.2) is 22.8 Å². The van der Waals surface area contributed by atoms with Crippen molar-refractivity contribution in [1.82, 2.24) is 39.4 Å². The second-order valence-electron chi connectivity index (χ2n) is 10.7. The van der Waals surface area contributed by atoms with E-state index in [0.29, 0.717) is 17.0 Å². The summed E-state index contributed by atoms with van der Waals surface area (Å²) in [6.07, 6.45) is -5.56. The average molecular weight is 720 g/mol. The molecule has 18 heteroatoms. The predicted molar refractivity (Wildman–Crippen MR) is 171 cm³/mol. The first-order chi connectivity index (χ1) is 24.7. The van der Waals surface area contributed by atoms with Crippen molar-refractivity contribution in [2.45, 2.75) is 26.2 Å². The van der Waals surface area contributed by atoms with Gasteiger partial charge in [-0.25, -0.2) is 19.0 Å². The molecule has 1 N–H and O–H groups in total. The lowest BCUT2D eigenvalue weighted by atomic mass is 10.0. The molecule has 12 nitrogen and oxygen atoms in total. The Morgan fingerprint density at radius 1 is 0.712 bits per heavy atom. The number of aromatic nitrogens is 8. The SMILES string of the molecule is Cc1cn2nc(-c3ccccc3C(F)(F)F)ccc2n1.Cc1nc2ccc(-c3ccccc3C(F)(F)F)nn2c1C(=O)Nc1cccnn1.O=C=O. The smallest absolute Gasteiger partial charge is 0.304 e. The highest BCUT2D eigenvalue weighted by Crippen LogP contribution is 2.37. The second kappa shape index (κ2) is 15.0. The summed E-state index contributed by atoms with van der Waals surface area (Å²) in [6.45, 7) is 3.42. The van der Waals surface area contributed by atoms with Gasteiger partial charge < -0.3 is 5.32 Å². The number of halogens is 6. The Morgan fingerprint density at radius 3 is 1.83 bits per heavy atom. The number of hydrogen-bond acceptors (Lipinski definition) is 9. The van der Waals surface area contributed by atoms with Gasteiger partial charge in [-0.15, -0.1) is 5.10 Å². The van der Waals surface area contributed by atoms with E-state index in [1.54, 1.807) is 50.4 Å². The largest absolute Gasteiger partial charge is 0.417 e. The van der Waals surface area contributed by atoms with Crippen LogP contribution in [0.4, 0.5) is 32.2 Å². The molecule has 0 saturated heterocycles. The van der Waals surface area contributed by atoms with Gasteiger partial charge in [-0.05, 0) is 62.4 Å². The molecule has 5 heterocycles. The highest BCUT2D eigenvalue weighted by atomic mass is 19.4. The van der Waals surface area contributed by atoms with Crippen LogP contribution in [0, 0.1) is 13.8 Å². The van der Waals surface area contributed by atoms with Crippen LogP contribution in [0.2, 0.25) is 0 Å². The lowest BCUT2D eigenvalue weighted by Crippen LogP contribution is -2.17. The maximum atomic E-state index is 13.4. The first-order valence-electron chi connectivity index (χ1n) is 14.8. The fourth-order valence-electron chi connectivity index (χ4n) is 5.04. The number of alkyl halides is 6. The van der Waals surface area contributed by atoms with Crippen molar-refractivity contribution in [1.29, 1.82) is 0 Å². The molecule has 0 radical (unpaired) electrons. The van der Waals surface area contributed by atoms with Crippen LogP contribution in [-0.2, 0) is 21.9 Å². The van der Waals surface area contributed by atoms with Crippen molar-refractivity contribution in [2.75, 3.05) is 5.32 Å². The zero-order chi connectivity index (χ0) is 37.6. The molecule has 264 valence electrons. The van der Waals surface area contributed by atoms with Crippen LogP contribution in [0.5, 0.6) is 0 Å². The van der Waals surface area contributed by atoms with Crippen LogP contribution < -0.4 is 5.32 Å². The van der Waals surface area contributed by atoms with Gasteiger partial charge in [0.1, 0.15) is 0 Å². The molecular formula is C34H23F6N9O3. The first kappa shape index (κ1) is 36.5.